The van der Waals surface area contributed by atoms with Gasteiger partial charge in [-0.3, -0.25) is 19.8 Å². The first kappa shape index (κ1) is 22.4. The van der Waals surface area contributed by atoms with E-state index in [-0.39, 0.29) is 24.8 Å². The molecule has 0 bridgehead atoms. The Morgan fingerprint density at radius 2 is 1.65 bits per heavy atom. The van der Waals surface area contributed by atoms with Crippen molar-refractivity contribution in [3.63, 3.8) is 0 Å². The number of piperazine rings is 1. The van der Waals surface area contributed by atoms with E-state index in [0.717, 1.165) is 0 Å². The summed E-state index contributed by atoms with van der Waals surface area (Å²) < 4.78 is 10.7. The van der Waals surface area contributed by atoms with Crippen molar-refractivity contribution in [1.29, 1.82) is 0 Å². The van der Waals surface area contributed by atoms with Crippen molar-refractivity contribution in [3.8, 4) is 5.75 Å². The number of rotatable bonds is 3. The second-order valence-corrected chi connectivity index (χ2v) is 8.40. The number of benzene rings is 1. The smallest absolute Gasteiger partial charge is 0.410 e. The summed E-state index contributed by atoms with van der Waals surface area (Å²) in [5.41, 5.74) is 0.242. The first-order valence-electron chi connectivity index (χ1n) is 10.2. The fourth-order valence-corrected chi connectivity index (χ4v) is 3.43. The van der Waals surface area contributed by atoms with Crippen LogP contribution in [0.3, 0.4) is 0 Å². The predicted molar refractivity (Wildman–Crippen MR) is 112 cm³/mol. The summed E-state index contributed by atoms with van der Waals surface area (Å²) in [6, 6.07) is 4.31. The van der Waals surface area contributed by atoms with E-state index >= 15 is 0 Å². The Kier molecular flexibility index (Phi) is 6.37. The van der Waals surface area contributed by atoms with Gasteiger partial charge in [0, 0.05) is 44.7 Å². The first-order valence-corrected chi connectivity index (χ1v) is 10.2. The fraction of sp³-hybridized carbons (Fsp3) is 0.524. The number of methoxy groups -OCH3 is 1. The van der Waals surface area contributed by atoms with Crippen LogP contribution < -0.4 is 15.0 Å². The monoisotopic (exact) mass is 432 g/mol. The van der Waals surface area contributed by atoms with Crippen molar-refractivity contribution in [1.82, 2.24) is 15.1 Å². The number of hydrogen-bond acceptors (Lipinski definition) is 6. The lowest BCUT2D eigenvalue weighted by molar-refractivity contribution is -0.120. The van der Waals surface area contributed by atoms with Crippen LogP contribution >= 0.6 is 0 Å². The van der Waals surface area contributed by atoms with Gasteiger partial charge in [-0.1, -0.05) is 0 Å². The number of ether oxygens (including phenoxy) is 2. The van der Waals surface area contributed by atoms with E-state index in [0.29, 0.717) is 43.2 Å². The van der Waals surface area contributed by atoms with E-state index < -0.39 is 17.7 Å². The number of amides is 5. The highest BCUT2D eigenvalue weighted by Crippen LogP contribution is 2.31. The second kappa shape index (κ2) is 8.83. The summed E-state index contributed by atoms with van der Waals surface area (Å²) in [6.45, 7) is 7.13. The molecule has 10 nitrogen and oxygen atoms in total. The molecule has 5 amide bonds. The molecule has 0 saturated carbocycles. The molecule has 1 aromatic carbocycles. The van der Waals surface area contributed by atoms with Gasteiger partial charge in [-0.25, -0.2) is 9.59 Å². The molecule has 2 fully saturated rings. The van der Waals surface area contributed by atoms with Crippen LogP contribution in [-0.2, 0) is 9.53 Å². The van der Waals surface area contributed by atoms with Gasteiger partial charge >= 0.3 is 12.1 Å². The first-order chi connectivity index (χ1) is 14.6. The molecule has 0 atom stereocenters. The third-order valence-electron chi connectivity index (χ3n) is 4.99. The van der Waals surface area contributed by atoms with Gasteiger partial charge in [-0.05, 0) is 39.0 Å². The molecule has 1 N–H and O–H groups in total. The van der Waals surface area contributed by atoms with E-state index in [2.05, 4.69) is 5.32 Å². The number of urea groups is 1. The van der Waals surface area contributed by atoms with Crippen molar-refractivity contribution in [2.45, 2.75) is 32.8 Å². The lowest BCUT2D eigenvalue weighted by Gasteiger charge is -2.35. The maximum atomic E-state index is 13.1. The normalized spacial score (nSPS) is 17.4. The van der Waals surface area contributed by atoms with Gasteiger partial charge in [0.1, 0.15) is 11.4 Å². The Balaban J connectivity index is 1.71. The molecule has 0 aromatic heterocycles. The highest BCUT2D eigenvalue weighted by molar-refractivity contribution is 6.07. The second-order valence-electron chi connectivity index (χ2n) is 8.40. The van der Waals surface area contributed by atoms with E-state index in [9.17, 15) is 19.2 Å². The highest BCUT2D eigenvalue weighted by atomic mass is 16.6. The molecule has 0 radical (unpaired) electrons. The fourth-order valence-electron chi connectivity index (χ4n) is 3.43. The third kappa shape index (κ3) is 5.25. The molecular formula is C21H28N4O6. The van der Waals surface area contributed by atoms with Crippen molar-refractivity contribution < 1.29 is 28.7 Å². The number of carbonyl (C=O) groups excluding carboxylic acids is 4. The zero-order valence-electron chi connectivity index (χ0n) is 18.3. The van der Waals surface area contributed by atoms with Crippen molar-refractivity contribution >= 4 is 29.6 Å². The van der Waals surface area contributed by atoms with Gasteiger partial charge in [0.05, 0.1) is 12.8 Å². The number of nitrogens with one attached hydrogen (secondary N) is 1. The maximum absolute atomic E-state index is 13.1. The lowest BCUT2D eigenvalue weighted by Crippen LogP contribution is -2.51. The van der Waals surface area contributed by atoms with Crippen LogP contribution in [0, 0.1) is 0 Å². The van der Waals surface area contributed by atoms with Gasteiger partial charge in [0.25, 0.3) is 5.91 Å². The van der Waals surface area contributed by atoms with Crippen LogP contribution in [0.15, 0.2) is 18.2 Å². The SMILES string of the molecule is COc1ccc(C(=O)N2CCN(C(=O)OC(C)(C)C)CC2)cc1N1CCC(=O)NC1=O. The average Bonchev–Trinajstić information content (AvgIpc) is 2.72. The average molecular weight is 432 g/mol. The zero-order chi connectivity index (χ0) is 22.8. The van der Waals surface area contributed by atoms with Crippen LogP contribution in [0.2, 0.25) is 0 Å². The third-order valence-corrected chi connectivity index (χ3v) is 4.99. The molecule has 10 heteroatoms. The summed E-state index contributed by atoms with van der Waals surface area (Å²) in [4.78, 5) is 53.6. The van der Waals surface area contributed by atoms with E-state index in [4.69, 9.17) is 9.47 Å². The van der Waals surface area contributed by atoms with Gasteiger partial charge in [-0.15, -0.1) is 0 Å². The maximum Gasteiger partial charge on any atom is 0.410 e. The molecule has 2 heterocycles. The van der Waals surface area contributed by atoms with Gasteiger partial charge in [-0.2, -0.15) is 0 Å². The molecular weight excluding hydrogens is 404 g/mol. The molecule has 2 aliphatic rings. The van der Waals surface area contributed by atoms with Crippen LogP contribution in [0.5, 0.6) is 5.75 Å². The Morgan fingerprint density at radius 3 is 2.23 bits per heavy atom. The Hall–Kier alpha value is -3.30. The van der Waals surface area contributed by atoms with Gasteiger partial charge < -0.3 is 19.3 Å². The standard InChI is InChI=1S/C21H28N4O6/c1-21(2,3)31-20(29)24-11-9-23(10-12-24)18(27)14-5-6-16(30-4)15(13-14)25-8-7-17(26)22-19(25)28/h5-6,13H,7-12H2,1-4H3,(H,22,26,28). The van der Waals surface area contributed by atoms with Crippen LogP contribution in [0.1, 0.15) is 37.6 Å². The van der Waals surface area contributed by atoms with Crippen LogP contribution in [0.4, 0.5) is 15.3 Å². The topological polar surface area (TPSA) is 108 Å². The van der Waals surface area contributed by atoms with Crippen LogP contribution in [0.25, 0.3) is 0 Å². The molecule has 0 spiro atoms. The number of imide groups is 1. The van der Waals surface area contributed by atoms with Crippen molar-refractivity contribution in [3.05, 3.63) is 23.8 Å². The molecule has 2 aliphatic heterocycles. The molecule has 2 saturated heterocycles. The molecule has 0 aliphatic carbocycles. The number of carbonyl (C=O) groups is 4. The highest BCUT2D eigenvalue weighted by Gasteiger charge is 2.30. The summed E-state index contributed by atoms with van der Waals surface area (Å²) in [6.07, 6.45) is -0.225. The summed E-state index contributed by atoms with van der Waals surface area (Å²) in [5, 5.41) is 2.27. The Bertz CT molecular complexity index is 886. The lowest BCUT2D eigenvalue weighted by atomic mass is 10.1. The minimum atomic E-state index is -0.575. The quantitative estimate of drug-likeness (QED) is 0.781. The largest absolute Gasteiger partial charge is 0.495 e. The van der Waals surface area contributed by atoms with Crippen molar-refractivity contribution in [2.24, 2.45) is 0 Å². The summed E-state index contributed by atoms with van der Waals surface area (Å²) >= 11 is 0. The van der Waals surface area contributed by atoms with E-state index in [1.165, 1.54) is 12.0 Å². The predicted octanol–water partition coefficient (Wildman–Crippen LogP) is 1.83. The molecule has 0 unspecified atom stereocenters. The molecule has 3 rings (SSSR count). The van der Waals surface area contributed by atoms with Gasteiger partial charge in [0.15, 0.2) is 0 Å². The molecule has 31 heavy (non-hydrogen) atoms. The summed E-state index contributed by atoms with van der Waals surface area (Å²) in [5.74, 6) is -0.118. The minimum Gasteiger partial charge on any atom is -0.495 e. The molecule has 1 aromatic rings. The zero-order valence-corrected chi connectivity index (χ0v) is 18.3. The van der Waals surface area contributed by atoms with Gasteiger partial charge in [0.2, 0.25) is 5.91 Å². The minimum absolute atomic E-state index is 0.166. The van der Waals surface area contributed by atoms with Crippen molar-refractivity contribution in [2.75, 3.05) is 44.7 Å². The summed E-state index contributed by atoms with van der Waals surface area (Å²) in [7, 11) is 1.48. The Morgan fingerprint density at radius 1 is 1.00 bits per heavy atom. The number of nitrogens with zero attached hydrogens (tertiary/aromatic N) is 3. The Labute approximate surface area is 181 Å². The number of anilines is 1. The van der Waals surface area contributed by atoms with E-state index in [1.807, 2.05) is 20.8 Å². The van der Waals surface area contributed by atoms with Crippen LogP contribution in [-0.4, -0.2) is 79.2 Å². The van der Waals surface area contributed by atoms with E-state index in [1.54, 1.807) is 28.0 Å². The molecule has 168 valence electrons. The number of hydrogen-bond donors (Lipinski definition) is 1.